The smallest absolute Gasteiger partial charge is 0.238 e. The molecule has 2 aromatic rings. The maximum atomic E-state index is 12.2. The monoisotopic (exact) mass is 290 g/mol. The molecule has 0 radical (unpaired) electrons. The molecule has 21 heavy (non-hydrogen) atoms. The van der Waals surface area contributed by atoms with E-state index >= 15 is 0 Å². The van der Waals surface area contributed by atoms with E-state index in [-0.39, 0.29) is 11.9 Å². The van der Waals surface area contributed by atoms with Crippen LogP contribution >= 0.6 is 0 Å². The van der Waals surface area contributed by atoms with Gasteiger partial charge in [0, 0.05) is 38.5 Å². The molecule has 1 N–H and O–H groups in total. The van der Waals surface area contributed by atoms with Crippen molar-refractivity contribution in [1.82, 2.24) is 20.4 Å². The minimum Gasteiger partial charge on any atom is -0.461 e. The summed E-state index contributed by atoms with van der Waals surface area (Å²) in [6, 6.07) is 3.76. The van der Waals surface area contributed by atoms with E-state index in [0.717, 1.165) is 19.6 Å². The first kappa shape index (κ1) is 13.8. The molecule has 1 fully saturated rings. The molecule has 0 aliphatic carbocycles. The first-order valence-electron chi connectivity index (χ1n) is 7.10. The van der Waals surface area contributed by atoms with Crippen LogP contribution in [0.2, 0.25) is 0 Å². The fraction of sp³-hybridized carbons (Fsp3) is 0.500. The minimum atomic E-state index is 0.127. The average molecular weight is 290 g/mol. The van der Waals surface area contributed by atoms with Gasteiger partial charge in [-0.25, -0.2) is 0 Å². The number of hydrogen-bond donors (Lipinski definition) is 1. The number of carbonyl (C=O) groups excluding carboxylic acids is 1. The summed E-state index contributed by atoms with van der Waals surface area (Å²) in [5, 5.41) is 7.12. The van der Waals surface area contributed by atoms with Crippen LogP contribution in [0, 0.1) is 0 Å². The molecule has 1 unspecified atom stereocenters. The van der Waals surface area contributed by atoms with E-state index in [9.17, 15) is 4.79 Å². The van der Waals surface area contributed by atoms with Gasteiger partial charge in [-0.2, -0.15) is 4.98 Å². The first-order valence-corrected chi connectivity index (χ1v) is 7.10. The van der Waals surface area contributed by atoms with Gasteiger partial charge in [0.1, 0.15) is 0 Å². The van der Waals surface area contributed by atoms with Gasteiger partial charge < -0.3 is 19.2 Å². The highest BCUT2D eigenvalue weighted by atomic mass is 16.5. The molecule has 3 heterocycles. The third kappa shape index (κ3) is 3.13. The van der Waals surface area contributed by atoms with Crippen LogP contribution in [0.5, 0.6) is 0 Å². The van der Waals surface area contributed by atoms with Gasteiger partial charge in [0.05, 0.1) is 6.26 Å². The van der Waals surface area contributed by atoms with Gasteiger partial charge in [-0.15, -0.1) is 0 Å². The average Bonchev–Trinajstić information content (AvgIpc) is 3.16. The Kier molecular flexibility index (Phi) is 4.01. The third-order valence-corrected chi connectivity index (χ3v) is 3.58. The summed E-state index contributed by atoms with van der Waals surface area (Å²) in [4.78, 5) is 18.3. The molecular formula is C14H18N4O3. The highest BCUT2D eigenvalue weighted by molar-refractivity contribution is 5.76. The molecule has 2 aromatic heterocycles. The summed E-state index contributed by atoms with van der Waals surface area (Å²) in [6.07, 6.45) is 2.38. The highest BCUT2D eigenvalue weighted by Crippen LogP contribution is 2.16. The zero-order valence-corrected chi connectivity index (χ0v) is 11.9. The number of amides is 1. The summed E-state index contributed by atoms with van der Waals surface area (Å²) in [6.45, 7) is 4.49. The number of carbonyl (C=O) groups is 1. The Bertz CT molecular complexity index is 593. The molecule has 1 amide bonds. The molecule has 3 rings (SSSR count). The SMILES string of the molecule is CC1CNCCN1C(=O)CCc1nc(-c2ccco2)no1. The van der Waals surface area contributed by atoms with Crippen LogP contribution in [-0.4, -0.2) is 46.6 Å². The Hall–Kier alpha value is -2.15. The lowest BCUT2D eigenvalue weighted by Gasteiger charge is -2.34. The van der Waals surface area contributed by atoms with E-state index in [4.69, 9.17) is 8.94 Å². The van der Waals surface area contributed by atoms with Crippen LogP contribution < -0.4 is 5.32 Å². The van der Waals surface area contributed by atoms with Crippen molar-refractivity contribution >= 4 is 5.91 Å². The molecule has 7 heteroatoms. The van der Waals surface area contributed by atoms with Crippen molar-refractivity contribution in [3.8, 4) is 11.6 Å². The summed E-state index contributed by atoms with van der Waals surface area (Å²) >= 11 is 0. The van der Waals surface area contributed by atoms with E-state index in [1.54, 1.807) is 18.4 Å². The number of hydrogen-bond acceptors (Lipinski definition) is 6. The van der Waals surface area contributed by atoms with Gasteiger partial charge in [-0.1, -0.05) is 5.16 Å². The number of aromatic nitrogens is 2. The number of piperazine rings is 1. The van der Waals surface area contributed by atoms with Gasteiger partial charge in [0.25, 0.3) is 0 Å². The van der Waals surface area contributed by atoms with Crippen molar-refractivity contribution in [3.63, 3.8) is 0 Å². The van der Waals surface area contributed by atoms with Crippen LogP contribution in [0.15, 0.2) is 27.3 Å². The minimum absolute atomic E-state index is 0.127. The third-order valence-electron chi connectivity index (χ3n) is 3.58. The van der Waals surface area contributed by atoms with E-state index in [1.165, 1.54) is 0 Å². The second kappa shape index (κ2) is 6.09. The molecule has 0 aromatic carbocycles. The molecule has 1 saturated heterocycles. The fourth-order valence-corrected chi connectivity index (χ4v) is 2.43. The van der Waals surface area contributed by atoms with Crippen molar-refractivity contribution in [2.45, 2.75) is 25.8 Å². The molecule has 7 nitrogen and oxygen atoms in total. The van der Waals surface area contributed by atoms with Crippen LogP contribution in [-0.2, 0) is 11.2 Å². The van der Waals surface area contributed by atoms with Crippen molar-refractivity contribution in [2.75, 3.05) is 19.6 Å². The largest absolute Gasteiger partial charge is 0.461 e. The number of nitrogens with zero attached hydrogens (tertiary/aromatic N) is 3. The Morgan fingerprint density at radius 3 is 3.24 bits per heavy atom. The molecule has 112 valence electrons. The zero-order valence-electron chi connectivity index (χ0n) is 11.9. The van der Waals surface area contributed by atoms with E-state index in [0.29, 0.717) is 30.3 Å². The highest BCUT2D eigenvalue weighted by Gasteiger charge is 2.23. The van der Waals surface area contributed by atoms with Crippen LogP contribution in [0.3, 0.4) is 0 Å². The summed E-state index contributed by atoms with van der Waals surface area (Å²) in [7, 11) is 0. The lowest BCUT2D eigenvalue weighted by atomic mass is 10.2. The zero-order chi connectivity index (χ0) is 14.7. The number of rotatable bonds is 4. The molecule has 0 bridgehead atoms. The van der Waals surface area contributed by atoms with E-state index in [2.05, 4.69) is 15.5 Å². The number of nitrogens with one attached hydrogen (secondary N) is 1. The summed E-state index contributed by atoms with van der Waals surface area (Å²) in [5.41, 5.74) is 0. The Balaban J connectivity index is 1.56. The van der Waals surface area contributed by atoms with Crippen molar-refractivity contribution < 1.29 is 13.7 Å². The molecule has 1 aliphatic heterocycles. The van der Waals surface area contributed by atoms with Crippen LogP contribution in [0.25, 0.3) is 11.6 Å². The van der Waals surface area contributed by atoms with Crippen LogP contribution in [0.1, 0.15) is 19.2 Å². The van der Waals surface area contributed by atoms with Gasteiger partial charge in [0.2, 0.25) is 17.6 Å². The van der Waals surface area contributed by atoms with Gasteiger partial charge in [-0.3, -0.25) is 4.79 Å². The number of aryl methyl sites for hydroxylation is 1. The quantitative estimate of drug-likeness (QED) is 0.907. The molecule has 1 atom stereocenters. The maximum absolute atomic E-state index is 12.2. The lowest BCUT2D eigenvalue weighted by molar-refractivity contribution is -0.134. The predicted molar refractivity (Wildman–Crippen MR) is 74.4 cm³/mol. The van der Waals surface area contributed by atoms with Gasteiger partial charge in [0.15, 0.2) is 5.76 Å². The Labute approximate surface area is 122 Å². The lowest BCUT2D eigenvalue weighted by Crippen LogP contribution is -2.52. The van der Waals surface area contributed by atoms with E-state index in [1.807, 2.05) is 11.8 Å². The fourth-order valence-electron chi connectivity index (χ4n) is 2.43. The maximum Gasteiger partial charge on any atom is 0.238 e. The van der Waals surface area contributed by atoms with Crippen LogP contribution in [0.4, 0.5) is 0 Å². The van der Waals surface area contributed by atoms with E-state index < -0.39 is 0 Å². The molecule has 1 aliphatic rings. The number of furan rings is 1. The van der Waals surface area contributed by atoms with Gasteiger partial charge >= 0.3 is 0 Å². The Morgan fingerprint density at radius 1 is 1.57 bits per heavy atom. The van der Waals surface area contributed by atoms with Crippen molar-refractivity contribution in [1.29, 1.82) is 0 Å². The predicted octanol–water partition coefficient (Wildman–Crippen LogP) is 1.08. The molecule has 0 saturated carbocycles. The summed E-state index contributed by atoms with van der Waals surface area (Å²) < 4.78 is 10.3. The molecule has 0 spiro atoms. The standard InChI is InChI=1S/C14H18N4O3/c1-10-9-15-6-7-18(10)13(19)5-4-12-16-14(17-21-12)11-3-2-8-20-11/h2-3,8,10,15H,4-7,9H2,1H3. The normalized spacial score (nSPS) is 18.9. The summed E-state index contributed by atoms with van der Waals surface area (Å²) in [5.74, 6) is 1.56. The first-order chi connectivity index (χ1) is 10.2. The Morgan fingerprint density at radius 2 is 2.48 bits per heavy atom. The second-order valence-electron chi connectivity index (χ2n) is 5.13. The van der Waals surface area contributed by atoms with Gasteiger partial charge in [-0.05, 0) is 19.1 Å². The van der Waals surface area contributed by atoms with Crippen molar-refractivity contribution in [3.05, 3.63) is 24.3 Å². The molecular weight excluding hydrogens is 272 g/mol. The second-order valence-corrected chi connectivity index (χ2v) is 5.13. The van der Waals surface area contributed by atoms with Crippen molar-refractivity contribution in [2.24, 2.45) is 0 Å². The topological polar surface area (TPSA) is 84.4 Å².